The lowest BCUT2D eigenvalue weighted by Gasteiger charge is -2.42. The highest BCUT2D eigenvalue weighted by molar-refractivity contribution is 7.17. The van der Waals surface area contributed by atoms with Crippen LogP contribution in [0.2, 0.25) is 0 Å². The number of nitro groups is 1. The summed E-state index contributed by atoms with van der Waals surface area (Å²) in [6, 6.07) is 4.45. The van der Waals surface area contributed by atoms with Crippen molar-refractivity contribution in [2.75, 3.05) is 43.1 Å². The van der Waals surface area contributed by atoms with Gasteiger partial charge in [0.2, 0.25) is 0 Å². The van der Waals surface area contributed by atoms with E-state index < -0.39 is 22.3 Å². The number of esters is 1. The van der Waals surface area contributed by atoms with Crippen molar-refractivity contribution in [1.82, 2.24) is 5.32 Å². The molecule has 0 aliphatic carbocycles. The van der Waals surface area contributed by atoms with E-state index in [0.29, 0.717) is 49.0 Å². The van der Waals surface area contributed by atoms with Gasteiger partial charge in [0.05, 0.1) is 30.3 Å². The Morgan fingerprint density at radius 1 is 1.25 bits per heavy atom. The molecule has 2 N–H and O–H groups in total. The molecule has 1 amide bonds. The molecule has 0 saturated carbocycles. The molecule has 0 radical (unpaired) electrons. The third kappa shape index (κ3) is 5.09. The molecule has 0 spiro atoms. The fourth-order valence-electron chi connectivity index (χ4n) is 5.09. The first-order valence-corrected chi connectivity index (χ1v) is 12.8. The Balaban J connectivity index is 1.70. The summed E-state index contributed by atoms with van der Waals surface area (Å²) in [5.41, 5.74) is 0.961. The third-order valence-corrected chi connectivity index (χ3v) is 7.81. The second-order valence-electron chi connectivity index (χ2n) is 10.2. The van der Waals surface area contributed by atoms with Crippen LogP contribution in [0.3, 0.4) is 0 Å². The number of hydrogen-bond acceptors (Lipinski definition) is 9. The second kappa shape index (κ2) is 9.79. The zero-order valence-corrected chi connectivity index (χ0v) is 22.0. The predicted molar refractivity (Wildman–Crippen MR) is 138 cm³/mol. The van der Waals surface area contributed by atoms with Crippen LogP contribution in [0.15, 0.2) is 18.2 Å². The van der Waals surface area contributed by atoms with E-state index in [1.165, 1.54) is 17.4 Å². The molecule has 10 nitrogen and oxygen atoms in total. The van der Waals surface area contributed by atoms with Crippen LogP contribution < -0.4 is 15.5 Å². The standard InChI is InChI=1S/C25H32N4O6S/c1-6-35-23(31)19-16-14-24(2,3)27-25(4,5)20(16)36-22(19)26-21(30)15-7-8-17(18(13-15)29(32)33)28-9-11-34-12-10-28/h7-8,13,27H,6,9-12,14H2,1-5H3,(H,26,30). The van der Waals surface area contributed by atoms with Gasteiger partial charge in [0.1, 0.15) is 10.7 Å². The largest absolute Gasteiger partial charge is 0.462 e. The molecule has 194 valence electrons. The molecular weight excluding hydrogens is 484 g/mol. The lowest BCUT2D eigenvalue weighted by molar-refractivity contribution is -0.384. The van der Waals surface area contributed by atoms with Gasteiger partial charge >= 0.3 is 5.97 Å². The maximum Gasteiger partial charge on any atom is 0.341 e. The van der Waals surface area contributed by atoms with E-state index in [-0.39, 0.29) is 23.4 Å². The van der Waals surface area contributed by atoms with Gasteiger partial charge in [-0.3, -0.25) is 14.9 Å². The van der Waals surface area contributed by atoms with Crippen LogP contribution in [-0.2, 0) is 21.4 Å². The highest BCUT2D eigenvalue weighted by Crippen LogP contribution is 2.45. The number of nitro benzene ring substituents is 1. The number of benzene rings is 1. The van der Waals surface area contributed by atoms with E-state index in [1.54, 1.807) is 19.1 Å². The smallest absolute Gasteiger partial charge is 0.341 e. The normalized spacial score (nSPS) is 18.3. The van der Waals surface area contributed by atoms with Gasteiger partial charge in [0.15, 0.2) is 0 Å². The number of fused-ring (bicyclic) bond motifs is 1. The number of ether oxygens (including phenoxy) is 2. The lowest BCUT2D eigenvalue weighted by atomic mass is 9.81. The molecule has 2 aromatic rings. The van der Waals surface area contributed by atoms with Crippen molar-refractivity contribution in [3.05, 3.63) is 49.9 Å². The maximum atomic E-state index is 13.3. The van der Waals surface area contributed by atoms with Crippen LogP contribution in [0.5, 0.6) is 0 Å². The molecule has 0 unspecified atom stereocenters. The van der Waals surface area contributed by atoms with E-state index >= 15 is 0 Å². The van der Waals surface area contributed by atoms with Gasteiger partial charge in [0.25, 0.3) is 11.6 Å². The average Bonchev–Trinajstić information content (AvgIpc) is 3.16. The molecule has 1 aromatic carbocycles. The van der Waals surface area contributed by atoms with Crippen molar-refractivity contribution in [3.63, 3.8) is 0 Å². The van der Waals surface area contributed by atoms with E-state index in [2.05, 4.69) is 24.5 Å². The van der Waals surface area contributed by atoms with Crippen LogP contribution >= 0.6 is 11.3 Å². The Morgan fingerprint density at radius 2 is 1.94 bits per heavy atom. The van der Waals surface area contributed by atoms with Crippen LogP contribution in [0, 0.1) is 10.1 Å². The lowest BCUT2D eigenvalue weighted by Crippen LogP contribution is -2.55. The Morgan fingerprint density at radius 3 is 2.58 bits per heavy atom. The van der Waals surface area contributed by atoms with Crippen LogP contribution in [-0.4, -0.2) is 55.2 Å². The minimum atomic E-state index is -0.527. The minimum absolute atomic E-state index is 0.137. The molecular formula is C25H32N4O6S. The number of nitrogens with zero attached hydrogens (tertiary/aromatic N) is 2. The number of anilines is 2. The number of thiophene rings is 1. The van der Waals surface area contributed by atoms with Crippen molar-refractivity contribution in [2.45, 2.75) is 52.1 Å². The van der Waals surface area contributed by atoms with E-state index in [0.717, 1.165) is 10.4 Å². The monoisotopic (exact) mass is 516 g/mol. The van der Waals surface area contributed by atoms with E-state index in [1.807, 2.05) is 18.7 Å². The fourth-order valence-corrected chi connectivity index (χ4v) is 6.35. The molecule has 1 fully saturated rings. The fraction of sp³-hybridized carbons (Fsp3) is 0.520. The van der Waals surface area contributed by atoms with Gasteiger partial charge < -0.3 is 25.0 Å². The molecule has 36 heavy (non-hydrogen) atoms. The topological polar surface area (TPSA) is 123 Å². The van der Waals surface area contributed by atoms with Gasteiger partial charge in [0, 0.05) is 40.7 Å². The number of nitrogens with one attached hydrogen (secondary N) is 2. The number of hydrogen-bond donors (Lipinski definition) is 2. The maximum absolute atomic E-state index is 13.3. The summed E-state index contributed by atoms with van der Waals surface area (Å²) in [6.07, 6.45) is 0.589. The number of carbonyl (C=O) groups excluding carboxylic acids is 2. The summed E-state index contributed by atoms with van der Waals surface area (Å²) in [7, 11) is 0. The number of rotatable bonds is 6. The molecule has 3 heterocycles. The molecule has 0 atom stereocenters. The molecule has 2 aliphatic rings. The number of amides is 1. The third-order valence-electron chi connectivity index (χ3n) is 6.34. The van der Waals surface area contributed by atoms with Gasteiger partial charge in [-0.05, 0) is 58.7 Å². The number of morpholine rings is 1. The molecule has 2 aliphatic heterocycles. The zero-order valence-electron chi connectivity index (χ0n) is 21.2. The van der Waals surface area contributed by atoms with E-state index in [9.17, 15) is 19.7 Å². The Kier molecular flexibility index (Phi) is 7.09. The summed E-state index contributed by atoms with van der Waals surface area (Å²) in [6.45, 7) is 12.2. The summed E-state index contributed by atoms with van der Waals surface area (Å²) in [5, 5.41) is 18.7. The predicted octanol–water partition coefficient (Wildman–Crippen LogP) is 4.08. The first kappa shape index (κ1) is 26.1. The molecule has 11 heteroatoms. The van der Waals surface area contributed by atoms with Crippen molar-refractivity contribution in [2.24, 2.45) is 0 Å². The van der Waals surface area contributed by atoms with Crippen molar-refractivity contribution < 1.29 is 24.0 Å². The summed E-state index contributed by atoms with van der Waals surface area (Å²) >= 11 is 1.33. The van der Waals surface area contributed by atoms with Crippen molar-refractivity contribution in [1.29, 1.82) is 0 Å². The molecule has 1 aromatic heterocycles. The summed E-state index contributed by atoms with van der Waals surface area (Å²) < 4.78 is 10.7. The Labute approximate surface area is 214 Å². The van der Waals surface area contributed by atoms with Gasteiger partial charge in [-0.25, -0.2) is 4.79 Å². The quantitative estimate of drug-likeness (QED) is 0.334. The highest BCUT2D eigenvalue weighted by atomic mass is 32.1. The first-order chi connectivity index (χ1) is 16.9. The van der Waals surface area contributed by atoms with Crippen molar-refractivity contribution >= 4 is 39.6 Å². The number of carbonyl (C=O) groups is 2. The summed E-state index contributed by atoms with van der Waals surface area (Å²) in [4.78, 5) is 40.5. The SMILES string of the molecule is CCOC(=O)c1c(NC(=O)c2ccc(N3CCOCC3)c([N+](=O)[O-])c2)sc2c1CC(C)(C)NC2(C)C. The Hall–Kier alpha value is -3.02. The Bertz CT molecular complexity index is 1200. The van der Waals surface area contributed by atoms with E-state index in [4.69, 9.17) is 9.47 Å². The molecule has 0 bridgehead atoms. The van der Waals surface area contributed by atoms with Gasteiger partial charge in [-0.15, -0.1) is 11.3 Å². The van der Waals surface area contributed by atoms with Crippen LogP contribution in [0.1, 0.15) is 65.8 Å². The average molecular weight is 517 g/mol. The highest BCUT2D eigenvalue weighted by Gasteiger charge is 2.42. The minimum Gasteiger partial charge on any atom is -0.462 e. The van der Waals surface area contributed by atoms with Crippen molar-refractivity contribution in [3.8, 4) is 0 Å². The van der Waals surface area contributed by atoms with Crippen LogP contribution in [0.4, 0.5) is 16.4 Å². The summed E-state index contributed by atoms with van der Waals surface area (Å²) in [5.74, 6) is -1.02. The second-order valence-corrected chi connectivity index (χ2v) is 11.2. The zero-order chi connectivity index (χ0) is 26.3. The first-order valence-electron chi connectivity index (χ1n) is 12.0. The molecule has 4 rings (SSSR count). The van der Waals surface area contributed by atoms with Crippen LogP contribution in [0.25, 0.3) is 0 Å². The van der Waals surface area contributed by atoms with Gasteiger partial charge in [-0.1, -0.05) is 0 Å². The molecule has 1 saturated heterocycles. The van der Waals surface area contributed by atoms with Gasteiger partial charge in [-0.2, -0.15) is 0 Å².